The van der Waals surface area contributed by atoms with E-state index in [2.05, 4.69) is 4.98 Å². The van der Waals surface area contributed by atoms with E-state index in [0.29, 0.717) is 11.5 Å². The lowest BCUT2D eigenvalue weighted by Gasteiger charge is -1.93. The number of fused-ring (bicyclic) bond motifs is 1. The summed E-state index contributed by atoms with van der Waals surface area (Å²) in [6.45, 7) is 3.68. The molecule has 2 aromatic rings. The van der Waals surface area contributed by atoms with Crippen LogP contribution in [0.15, 0.2) is 16.5 Å². The van der Waals surface area contributed by atoms with Gasteiger partial charge in [0.15, 0.2) is 11.5 Å². The number of aromatic nitrogens is 1. The van der Waals surface area contributed by atoms with Crippen molar-refractivity contribution in [2.24, 2.45) is 0 Å². The zero-order chi connectivity index (χ0) is 8.72. The molecule has 0 aliphatic rings. The highest BCUT2D eigenvalue weighted by molar-refractivity contribution is 5.78. The minimum atomic E-state index is 0.219. The first-order valence-electron chi connectivity index (χ1n) is 3.73. The van der Waals surface area contributed by atoms with Crippen LogP contribution in [0.2, 0.25) is 0 Å². The van der Waals surface area contributed by atoms with E-state index in [-0.39, 0.29) is 5.75 Å². The number of hydrogen-bond acceptors (Lipinski definition) is 3. The molecule has 0 saturated carbocycles. The molecule has 0 spiro atoms. The molecule has 1 aromatic carbocycles. The molecule has 0 saturated heterocycles. The summed E-state index contributed by atoms with van der Waals surface area (Å²) in [7, 11) is 0. The van der Waals surface area contributed by atoms with Crippen molar-refractivity contribution in [3.63, 3.8) is 0 Å². The Morgan fingerprint density at radius 1 is 1.33 bits per heavy atom. The van der Waals surface area contributed by atoms with Gasteiger partial charge in [0.25, 0.3) is 0 Å². The topological polar surface area (TPSA) is 46.3 Å². The van der Waals surface area contributed by atoms with Gasteiger partial charge in [-0.1, -0.05) is 0 Å². The van der Waals surface area contributed by atoms with Gasteiger partial charge in [-0.25, -0.2) is 4.98 Å². The van der Waals surface area contributed by atoms with Gasteiger partial charge < -0.3 is 9.52 Å². The van der Waals surface area contributed by atoms with E-state index in [1.165, 1.54) is 0 Å². The number of phenols is 1. The van der Waals surface area contributed by atoms with Gasteiger partial charge >= 0.3 is 0 Å². The van der Waals surface area contributed by atoms with Gasteiger partial charge in [0, 0.05) is 13.0 Å². The van der Waals surface area contributed by atoms with E-state index in [1.807, 2.05) is 6.92 Å². The molecule has 0 atom stereocenters. The molecule has 1 N–H and O–H groups in total. The summed E-state index contributed by atoms with van der Waals surface area (Å²) in [5, 5.41) is 9.23. The average Bonchev–Trinajstić information content (AvgIpc) is 2.29. The van der Waals surface area contributed by atoms with E-state index < -0.39 is 0 Å². The lowest BCUT2D eigenvalue weighted by atomic mass is 10.2. The molecule has 0 radical (unpaired) electrons. The van der Waals surface area contributed by atoms with Crippen molar-refractivity contribution < 1.29 is 9.52 Å². The fraction of sp³-hybridized carbons (Fsp3) is 0.222. The normalized spacial score (nSPS) is 10.8. The van der Waals surface area contributed by atoms with Gasteiger partial charge in [0.1, 0.15) is 11.3 Å². The van der Waals surface area contributed by atoms with E-state index >= 15 is 0 Å². The number of aryl methyl sites for hydroxylation is 2. The first kappa shape index (κ1) is 7.16. The fourth-order valence-electron chi connectivity index (χ4n) is 1.29. The van der Waals surface area contributed by atoms with Crippen molar-refractivity contribution in [2.45, 2.75) is 13.8 Å². The Balaban J connectivity index is 2.88. The van der Waals surface area contributed by atoms with Gasteiger partial charge in [-0.2, -0.15) is 0 Å². The summed E-state index contributed by atoms with van der Waals surface area (Å²) in [5.74, 6) is 0.842. The molecule has 0 fully saturated rings. The van der Waals surface area contributed by atoms with Gasteiger partial charge in [0.2, 0.25) is 0 Å². The van der Waals surface area contributed by atoms with Crippen LogP contribution in [0.5, 0.6) is 5.75 Å². The Labute approximate surface area is 69.7 Å². The molecule has 12 heavy (non-hydrogen) atoms. The van der Waals surface area contributed by atoms with Crippen LogP contribution in [0.4, 0.5) is 0 Å². The highest BCUT2D eigenvalue weighted by Crippen LogP contribution is 2.23. The Morgan fingerprint density at radius 2 is 2.08 bits per heavy atom. The van der Waals surface area contributed by atoms with Crippen molar-refractivity contribution in [2.75, 3.05) is 0 Å². The number of benzene rings is 1. The highest BCUT2D eigenvalue weighted by Gasteiger charge is 2.05. The number of hydrogen-bond donors (Lipinski definition) is 1. The molecule has 0 aliphatic carbocycles. The summed E-state index contributed by atoms with van der Waals surface area (Å²) in [6, 6.07) is 3.24. The molecule has 3 nitrogen and oxygen atoms in total. The van der Waals surface area contributed by atoms with Crippen LogP contribution in [0.25, 0.3) is 11.1 Å². The van der Waals surface area contributed by atoms with Crippen molar-refractivity contribution in [1.29, 1.82) is 0 Å². The molecule has 0 unspecified atom stereocenters. The maximum Gasteiger partial charge on any atom is 0.192 e. The van der Waals surface area contributed by atoms with Crippen LogP contribution in [0.3, 0.4) is 0 Å². The van der Waals surface area contributed by atoms with E-state index in [4.69, 9.17) is 4.42 Å². The smallest absolute Gasteiger partial charge is 0.192 e. The largest absolute Gasteiger partial charge is 0.508 e. The number of oxazole rings is 1. The molecule has 0 aliphatic heterocycles. The summed E-state index contributed by atoms with van der Waals surface area (Å²) in [4.78, 5) is 4.18. The Bertz CT molecular complexity index is 431. The number of phenolic OH excluding ortho intramolecular Hbond substituents is 1. The summed E-state index contributed by atoms with van der Waals surface area (Å²) in [6.07, 6.45) is 0. The van der Waals surface area contributed by atoms with Crippen molar-refractivity contribution in [3.05, 3.63) is 23.6 Å². The average molecular weight is 163 g/mol. The first-order valence-corrected chi connectivity index (χ1v) is 3.73. The fourth-order valence-corrected chi connectivity index (χ4v) is 1.29. The first-order chi connectivity index (χ1) is 5.66. The Hall–Kier alpha value is -1.51. The molecule has 0 bridgehead atoms. The lowest BCUT2D eigenvalue weighted by Crippen LogP contribution is -1.76. The number of nitrogens with zero attached hydrogens (tertiary/aromatic N) is 1. The van der Waals surface area contributed by atoms with Gasteiger partial charge in [0.05, 0.1) is 0 Å². The van der Waals surface area contributed by atoms with E-state index in [9.17, 15) is 5.11 Å². The second-order valence-electron chi connectivity index (χ2n) is 2.84. The molecule has 1 heterocycles. The van der Waals surface area contributed by atoms with Crippen LogP contribution in [-0.4, -0.2) is 10.1 Å². The standard InChI is InChI=1S/C9H9NO2/c1-5-3-7(11)4-8-9(5)10-6(2)12-8/h3-4,11H,1-2H3. The highest BCUT2D eigenvalue weighted by atomic mass is 16.3. The zero-order valence-corrected chi connectivity index (χ0v) is 6.96. The summed E-state index contributed by atoms with van der Waals surface area (Å²) < 4.78 is 5.26. The van der Waals surface area contributed by atoms with E-state index in [1.54, 1.807) is 19.1 Å². The second-order valence-corrected chi connectivity index (χ2v) is 2.84. The van der Waals surface area contributed by atoms with Crippen LogP contribution in [0, 0.1) is 13.8 Å². The predicted octanol–water partition coefficient (Wildman–Crippen LogP) is 2.15. The van der Waals surface area contributed by atoms with Crippen LogP contribution in [-0.2, 0) is 0 Å². The molecule has 3 heteroatoms. The Morgan fingerprint density at radius 3 is 2.83 bits per heavy atom. The monoisotopic (exact) mass is 163 g/mol. The molecule has 62 valence electrons. The molecule has 2 rings (SSSR count). The maximum atomic E-state index is 9.23. The Kier molecular flexibility index (Phi) is 1.33. The predicted molar refractivity (Wildman–Crippen MR) is 45.1 cm³/mol. The van der Waals surface area contributed by atoms with E-state index in [0.717, 1.165) is 11.1 Å². The third-order valence-electron chi connectivity index (χ3n) is 1.78. The summed E-state index contributed by atoms with van der Waals surface area (Å²) in [5.41, 5.74) is 2.40. The van der Waals surface area contributed by atoms with Gasteiger partial charge in [-0.05, 0) is 18.6 Å². The quantitative estimate of drug-likeness (QED) is 0.647. The van der Waals surface area contributed by atoms with Crippen molar-refractivity contribution in [1.82, 2.24) is 4.98 Å². The summed E-state index contributed by atoms with van der Waals surface area (Å²) >= 11 is 0. The molecule has 1 aromatic heterocycles. The second kappa shape index (κ2) is 2.24. The molecular weight excluding hydrogens is 154 g/mol. The molecule has 0 amide bonds. The van der Waals surface area contributed by atoms with Gasteiger partial charge in [-0.15, -0.1) is 0 Å². The zero-order valence-electron chi connectivity index (χ0n) is 6.96. The third-order valence-corrected chi connectivity index (χ3v) is 1.78. The number of aromatic hydroxyl groups is 1. The molecular formula is C9H9NO2. The lowest BCUT2D eigenvalue weighted by molar-refractivity contribution is 0.473. The minimum Gasteiger partial charge on any atom is -0.508 e. The van der Waals surface area contributed by atoms with Crippen molar-refractivity contribution in [3.8, 4) is 5.75 Å². The SMILES string of the molecule is Cc1nc2c(C)cc(O)cc2o1. The minimum absolute atomic E-state index is 0.219. The maximum absolute atomic E-state index is 9.23. The van der Waals surface area contributed by atoms with Crippen molar-refractivity contribution >= 4 is 11.1 Å². The van der Waals surface area contributed by atoms with Gasteiger partial charge in [-0.3, -0.25) is 0 Å². The third kappa shape index (κ3) is 0.942. The van der Waals surface area contributed by atoms with Crippen LogP contribution in [0.1, 0.15) is 11.5 Å². The van der Waals surface area contributed by atoms with Crippen LogP contribution < -0.4 is 0 Å². The van der Waals surface area contributed by atoms with Crippen LogP contribution >= 0.6 is 0 Å². The number of rotatable bonds is 0.